The quantitative estimate of drug-likeness (QED) is 0.764. The second-order valence-corrected chi connectivity index (χ2v) is 5.94. The molecule has 0 heterocycles. The zero-order chi connectivity index (χ0) is 16.0. The Balaban J connectivity index is 3.09. The van der Waals surface area contributed by atoms with Crippen LogP contribution >= 0.6 is 0 Å². The second-order valence-electron chi connectivity index (χ2n) is 4.25. The SMILES string of the molecule is CCNC(=O)[C@@H](C)NS(=O)(=O)c1cc(OC)ccc1OC. The van der Waals surface area contributed by atoms with E-state index in [-0.39, 0.29) is 10.6 Å². The first-order valence-electron chi connectivity index (χ1n) is 6.37. The molecule has 0 aliphatic carbocycles. The van der Waals surface area contributed by atoms with Gasteiger partial charge >= 0.3 is 0 Å². The molecule has 0 spiro atoms. The molecule has 1 amide bonds. The molecule has 118 valence electrons. The van der Waals surface area contributed by atoms with E-state index in [0.717, 1.165) is 0 Å². The molecule has 0 saturated heterocycles. The van der Waals surface area contributed by atoms with Gasteiger partial charge in [0.05, 0.1) is 20.3 Å². The first-order valence-corrected chi connectivity index (χ1v) is 7.86. The van der Waals surface area contributed by atoms with Gasteiger partial charge in [-0.15, -0.1) is 0 Å². The summed E-state index contributed by atoms with van der Waals surface area (Å²) in [6, 6.07) is 3.52. The third kappa shape index (κ3) is 4.33. The van der Waals surface area contributed by atoms with Crippen molar-refractivity contribution in [3.8, 4) is 11.5 Å². The number of hydrogen-bond acceptors (Lipinski definition) is 5. The highest BCUT2D eigenvalue weighted by Gasteiger charge is 2.25. The molecule has 0 radical (unpaired) electrons. The molecule has 2 N–H and O–H groups in total. The minimum absolute atomic E-state index is 0.0829. The Bertz CT molecular complexity index is 601. The smallest absolute Gasteiger partial charge is 0.245 e. The number of rotatable bonds is 7. The van der Waals surface area contributed by atoms with Crippen molar-refractivity contribution in [2.75, 3.05) is 20.8 Å². The lowest BCUT2D eigenvalue weighted by Gasteiger charge is -2.16. The third-order valence-electron chi connectivity index (χ3n) is 2.74. The monoisotopic (exact) mass is 316 g/mol. The number of sulfonamides is 1. The van der Waals surface area contributed by atoms with Crippen molar-refractivity contribution in [2.45, 2.75) is 24.8 Å². The fourth-order valence-electron chi connectivity index (χ4n) is 1.67. The molecule has 0 aliphatic rings. The topological polar surface area (TPSA) is 93.7 Å². The van der Waals surface area contributed by atoms with Crippen LogP contribution in [-0.4, -0.2) is 41.1 Å². The van der Waals surface area contributed by atoms with E-state index in [1.165, 1.54) is 33.3 Å². The molecule has 0 bridgehead atoms. The number of benzene rings is 1. The van der Waals surface area contributed by atoms with Crippen molar-refractivity contribution < 1.29 is 22.7 Å². The Morgan fingerprint density at radius 2 is 1.95 bits per heavy atom. The van der Waals surface area contributed by atoms with Crippen LogP contribution in [0.15, 0.2) is 23.1 Å². The number of ether oxygens (including phenoxy) is 2. The molecule has 0 fully saturated rings. The fraction of sp³-hybridized carbons (Fsp3) is 0.462. The molecule has 1 aromatic carbocycles. The maximum absolute atomic E-state index is 12.4. The largest absolute Gasteiger partial charge is 0.497 e. The van der Waals surface area contributed by atoms with Gasteiger partial charge in [0.25, 0.3) is 0 Å². The van der Waals surface area contributed by atoms with Gasteiger partial charge in [0, 0.05) is 12.6 Å². The Labute approximate surface area is 124 Å². The average molecular weight is 316 g/mol. The minimum atomic E-state index is -3.91. The molecule has 0 unspecified atom stereocenters. The molecule has 0 aliphatic heterocycles. The van der Waals surface area contributed by atoms with Crippen molar-refractivity contribution in [1.29, 1.82) is 0 Å². The van der Waals surface area contributed by atoms with Gasteiger partial charge in [0.15, 0.2) is 0 Å². The van der Waals surface area contributed by atoms with Crippen LogP contribution in [0.2, 0.25) is 0 Å². The molecule has 8 heteroatoms. The van der Waals surface area contributed by atoms with Gasteiger partial charge in [-0.25, -0.2) is 8.42 Å². The summed E-state index contributed by atoms with van der Waals surface area (Å²) in [5.41, 5.74) is 0. The normalized spacial score (nSPS) is 12.6. The van der Waals surface area contributed by atoms with Gasteiger partial charge in [0.2, 0.25) is 15.9 Å². The first-order chi connectivity index (χ1) is 9.85. The maximum atomic E-state index is 12.4. The van der Waals surface area contributed by atoms with E-state index in [2.05, 4.69) is 10.0 Å². The Hall–Kier alpha value is -1.80. The maximum Gasteiger partial charge on any atom is 0.245 e. The molecular weight excluding hydrogens is 296 g/mol. The number of carbonyl (C=O) groups excluding carboxylic acids is 1. The van der Waals surface area contributed by atoms with E-state index >= 15 is 0 Å². The summed E-state index contributed by atoms with van der Waals surface area (Å²) in [7, 11) is -1.11. The van der Waals surface area contributed by atoms with Crippen molar-refractivity contribution in [2.24, 2.45) is 0 Å². The summed E-state index contributed by atoms with van der Waals surface area (Å²) in [6.07, 6.45) is 0. The first kappa shape index (κ1) is 17.3. The van der Waals surface area contributed by atoms with Crippen LogP contribution in [0.4, 0.5) is 0 Å². The van der Waals surface area contributed by atoms with Gasteiger partial charge in [-0.1, -0.05) is 0 Å². The van der Waals surface area contributed by atoms with Gasteiger partial charge in [-0.3, -0.25) is 4.79 Å². The Kier molecular flexibility index (Phi) is 5.98. The summed E-state index contributed by atoms with van der Waals surface area (Å²) < 4.78 is 37.1. The lowest BCUT2D eigenvalue weighted by molar-refractivity contribution is -0.122. The van der Waals surface area contributed by atoms with Gasteiger partial charge < -0.3 is 14.8 Å². The van der Waals surface area contributed by atoms with Crippen molar-refractivity contribution in [3.63, 3.8) is 0 Å². The lowest BCUT2D eigenvalue weighted by atomic mass is 10.3. The van der Waals surface area contributed by atoms with E-state index in [1.807, 2.05) is 0 Å². The summed E-state index contributed by atoms with van der Waals surface area (Å²) in [6.45, 7) is 3.65. The Morgan fingerprint density at radius 1 is 1.29 bits per heavy atom. The number of nitrogens with one attached hydrogen (secondary N) is 2. The second kappa shape index (κ2) is 7.28. The van der Waals surface area contributed by atoms with Gasteiger partial charge in [0.1, 0.15) is 16.4 Å². The van der Waals surface area contributed by atoms with Crippen molar-refractivity contribution >= 4 is 15.9 Å². The highest BCUT2D eigenvalue weighted by Crippen LogP contribution is 2.28. The van der Waals surface area contributed by atoms with E-state index in [1.54, 1.807) is 13.0 Å². The minimum Gasteiger partial charge on any atom is -0.497 e. The fourth-order valence-corrected chi connectivity index (χ4v) is 3.06. The molecule has 1 rings (SSSR count). The highest BCUT2D eigenvalue weighted by atomic mass is 32.2. The zero-order valence-electron chi connectivity index (χ0n) is 12.5. The zero-order valence-corrected chi connectivity index (χ0v) is 13.3. The number of methoxy groups -OCH3 is 2. The number of amides is 1. The van der Waals surface area contributed by atoms with Crippen LogP contribution in [-0.2, 0) is 14.8 Å². The van der Waals surface area contributed by atoms with E-state index < -0.39 is 22.0 Å². The lowest BCUT2D eigenvalue weighted by Crippen LogP contribution is -2.44. The van der Waals surface area contributed by atoms with Gasteiger partial charge in [-0.05, 0) is 26.0 Å². The molecule has 1 atom stereocenters. The van der Waals surface area contributed by atoms with Crippen LogP contribution in [0.3, 0.4) is 0 Å². The molecule has 7 nitrogen and oxygen atoms in total. The van der Waals surface area contributed by atoms with Crippen molar-refractivity contribution in [3.05, 3.63) is 18.2 Å². The molecule has 0 saturated carbocycles. The summed E-state index contributed by atoms with van der Waals surface area (Å²) in [5, 5.41) is 2.55. The highest BCUT2D eigenvalue weighted by molar-refractivity contribution is 7.89. The van der Waals surface area contributed by atoms with Crippen LogP contribution in [0, 0.1) is 0 Å². The Morgan fingerprint density at radius 3 is 2.48 bits per heavy atom. The summed E-state index contributed by atoms with van der Waals surface area (Å²) >= 11 is 0. The van der Waals surface area contributed by atoms with E-state index in [9.17, 15) is 13.2 Å². The number of carbonyl (C=O) groups is 1. The standard InChI is InChI=1S/C13H20N2O5S/c1-5-14-13(16)9(2)15-21(17,18)12-8-10(19-3)6-7-11(12)20-4/h6-9,15H,5H2,1-4H3,(H,14,16)/t9-/m1/s1. The van der Waals surface area contributed by atoms with Gasteiger partial charge in [-0.2, -0.15) is 4.72 Å². The molecule has 21 heavy (non-hydrogen) atoms. The predicted octanol–water partition coefficient (Wildman–Crippen LogP) is 0.507. The van der Waals surface area contributed by atoms with Crippen LogP contribution in [0.25, 0.3) is 0 Å². The third-order valence-corrected chi connectivity index (χ3v) is 4.30. The molecule has 0 aromatic heterocycles. The van der Waals surface area contributed by atoms with E-state index in [0.29, 0.717) is 12.3 Å². The number of hydrogen-bond donors (Lipinski definition) is 2. The predicted molar refractivity (Wildman–Crippen MR) is 78.0 cm³/mol. The van der Waals surface area contributed by atoms with Crippen molar-refractivity contribution in [1.82, 2.24) is 10.0 Å². The van der Waals surface area contributed by atoms with Crippen LogP contribution in [0.1, 0.15) is 13.8 Å². The molecular formula is C13H20N2O5S. The number of likely N-dealkylation sites (N-methyl/N-ethyl adjacent to an activating group) is 1. The molecule has 1 aromatic rings. The summed E-state index contributed by atoms with van der Waals surface area (Å²) in [5.74, 6) is 0.149. The van der Waals surface area contributed by atoms with Crippen LogP contribution in [0.5, 0.6) is 11.5 Å². The van der Waals surface area contributed by atoms with E-state index in [4.69, 9.17) is 9.47 Å². The van der Waals surface area contributed by atoms with Crippen LogP contribution < -0.4 is 19.5 Å². The summed E-state index contributed by atoms with van der Waals surface area (Å²) in [4.78, 5) is 11.6. The average Bonchev–Trinajstić information content (AvgIpc) is 2.46.